The molecule has 2 aromatic rings. The first-order valence-corrected chi connectivity index (χ1v) is 10.8. The molecule has 1 aromatic heterocycles. The van der Waals surface area contributed by atoms with E-state index in [4.69, 9.17) is 4.74 Å². The van der Waals surface area contributed by atoms with E-state index in [0.29, 0.717) is 5.92 Å². The van der Waals surface area contributed by atoms with Crippen LogP contribution in [-0.4, -0.2) is 55.6 Å². The minimum atomic E-state index is 0.270. The monoisotopic (exact) mass is 412 g/mol. The first-order chi connectivity index (χ1) is 14.4. The van der Waals surface area contributed by atoms with Crippen molar-refractivity contribution < 1.29 is 4.74 Å². The Bertz CT molecular complexity index is 875. The van der Waals surface area contributed by atoms with Gasteiger partial charge < -0.3 is 20.3 Å². The Labute approximate surface area is 180 Å². The number of hydrogen-bond donors (Lipinski definition) is 2. The largest absolute Gasteiger partial charge is 0.495 e. The standard InChI is InChI=1S/C23H36N6O/c1-16(13-20-17(2)27-28(5)18(20)3)26-23(24-4)25-14-19-11-12-29(15-19)21-9-7-8-10-22(21)30-6/h7-10,16,19H,11-15H2,1-6H3,(H2,24,25,26). The van der Waals surface area contributed by atoms with Gasteiger partial charge in [0.2, 0.25) is 0 Å². The quantitative estimate of drug-likeness (QED) is 0.541. The van der Waals surface area contributed by atoms with Crippen LogP contribution in [0.4, 0.5) is 5.69 Å². The number of rotatable bonds is 7. The Morgan fingerprint density at radius 3 is 2.77 bits per heavy atom. The van der Waals surface area contributed by atoms with Gasteiger partial charge in [0.25, 0.3) is 0 Å². The Hall–Kier alpha value is -2.70. The topological polar surface area (TPSA) is 66.7 Å². The predicted molar refractivity (Wildman–Crippen MR) is 124 cm³/mol. The molecule has 3 rings (SSSR count). The molecule has 1 aliphatic heterocycles. The number of benzene rings is 1. The molecule has 1 fully saturated rings. The molecule has 0 aliphatic carbocycles. The zero-order valence-electron chi connectivity index (χ0n) is 19.2. The van der Waals surface area contributed by atoms with Crippen molar-refractivity contribution in [2.75, 3.05) is 38.7 Å². The highest BCUT2D eigenvalue weighted by Gasteiger charge is 2.24. The fraction of sp³-hybridized carbons (Fsp3) is 0.565. The van der Waals surface area contributed by atoms with Gasteiger partial charge in [-0.25, -0.2) is 0 Å². The van der Waals surface area contributed by atoms with Gasteiger partial charge in [-0.1, -0.05) is 12.1 Å². The van der Waals surface area contributed by atoms with Gasteiger partial charge in [0.05, 0.1) is 18.5 Å². The van der Waals surface area contributed by atoms with Gasteiger partial charge >= 0.3 is 0 Å². The summed E-state index contributed by atoms with van der Waals surface area (Å²) in [6, 6.07) is 8.52. The van der Waals surface area contributed by atoms with Crippen molar-refractivity contribution >= 4 is 11.6 Å². The van der Waals surface area contributed by atoms with Gasteiger partial charge in [-0.3, -0.25) is 9.67 Å². The summed E-state index contributed by atoms with van der Waals surface area (Å²) >= 11 is 0. The average Bonchev–Trinajstić information content (AvgIpc) is 3.31. The first kappa shape index (κ1) is 22.0. The number of aliphatic imine (C=N–C) groups is 1. The van der Waals surface area contributed by atoms with Gasteiger partial charge in [0.15, 0.2) is 5.96 Å². The first-order valence-electron chi connectivity index (χ1n) is 10.8. The second kappa shape index (κ2) is 9.87. The lowest BCUT2D eigenvalue weighted by atomic mass is 10.1. The van der Waals surface area contributed by atoms with Crippen LogP contribution in [0, 0.1) is 19.8 Å². The maximum absolute atomic E-state index is 5.53. The van der Waals surface area contributed by atoms with E-state index in [2.05, 4.69) is 58.5 Å². The molecule has 2 N–H and O–H groups in total. The molecule has 2 unspecified atom stereocenters. The molecule has 164 valence electrons. The number of ether oxygens (including phenoxy) is 1. The van der Waals surface area contributed by atoms with Gasteiger partial charge in [-0.15, -0.1) is 0 Å². The van der Waals surface area contributed by atoms with E-state index in [1.165, 1.54) is 16.9 Å². The van der Waals surface area contributed by atoms with Crippen LogP contribution in [0.2, 0.25) is 0 Å². The van der Waals surface area contributed by atoms with Crippen molar-refractivity contribution in [2.45, 2.75) is 39.7 Å². The number of nitrogens with one attached hydrogen (secondary N) is 2. The summed E-state index contributed by atoms with van der Waals surface area (Å²) in [7, 11) is 5.57. The van der Waals surface area contributed by atoms with Crippen molar-refractivity contribution in [3.8, 4) is 5.75 Å². The summed E-state index contributed by atoms with van der Waals surface area (Å²) in [6.45, 7) is 9.38. The van der Waals surface area contributed by atoms with E-state index in [0.717, 1.165) is 49.9 Å². The molecule has 30 heavy (non-hydrogen) atoms. The Balaban J connectivity index is 1.50. The summed E-state index contributed by atoms with van der Waals surface area (Å²) in [5, 5.41) is 11.6. The van der Waals surface area contributed by atoms with Crippen LogP contribution in [0.1, 0.15) is 30.3 Å². The molecule has 1 aliphatic rings. The van der Waals surface area contributed by atoms with Crippen molar-refractivity contribution in [3.63, 3.8) is 0 Å². The number of aryl methyl sites for hydroxylation is 2. The smallest absolute Gasteiger partial charge is 0.191 e. The molecule has 0 saturated carbocycles. The van der Waals surface area contributed by atoms with Crippen molar-refractivity contribution in [3.05, 3.63) is 41.2 Å². The Morgan fingerprint density at radius 2 is 2.10 bits per heavy atom. The van der Waals surface area contributed by atoms with Crippen molar-refractivity contribution in [1.82, 2.24) is 20.4 Å². The van der Waals surface area contributed by atoms with E-state index >= 15 is 0 Å². The third-order valence-electron chi connectivity index (χ3n) is 6.05. The molecule has 0 amide bonds. The zero-order chi connectivity index (χ0) is 21.7. The average molecular weight is 413 g/mol. The minimum absolute atomic E-state index is 0.270. The normalized spacial score (nSPS) is 17.9. The summed E-state index contributed by atoms with van der Waals surface area (Å²) in [5.41, 5.74) is 4.83. The minimum Gasteiger partial charge on any atom is -0.495 e. The molecular formula is C23H36N6O. The lowest BCUT2D eigenvalue weighted by molar-refractivity contribution is 0.414. The molecule has 7 heteroatoms. The fourth-order valence-corrected chi connectivity index (χ4v) is 4.25. The molecule has 0 spiro atoms. The third-order valence-corrected chi connectivity index (χ3v) is 6.05. The molecular weight excluding hydrogens is 376 g/mol. The molecule has 2 heterocycles. The number of para-hydroxylation sites is 2. The highest BCUT2D eigenvalue weighted by atomic mass is 16.5. The second-order valence-corrected chi connectivity index (χ2v) is 8.25. The Morgan fingerprint density at radius 1 is 1.33 bits per heavy atom. The highest BCUT2D eigenvalue weighted by Crippen LogP contribution is 2.31. The second-order valence-electron chi connectivity index (χ2n) is 8.25. The number of anilines is 1. The molecule has 0 radical (unpaired) electrons. The number of hydrogen-bond acceptors (Lipinski definition) is 4. The predicted octanol–water partition coefficient (Wildman–Crippen LogP) is 2.67. The SMILES string of the molecule is CN=C(NCC1CCN(c2ccccc2OC)C1)NC(C)Cc1c(C)nn(C)c1C. The summed E-state index contributed by atoms with van der Waals surface area (Å²) in [4.78, 5) is 6.84. The van der Waals surface area contributed by atoms with Crippen LogP contribution in [0.3, 0.4) is 0 Å². The molecule has 7 nitrogen and oxygen atoms in total. The number of methoxy groups -OCH3 is 1. The van der Waals surface area contributed by atoms with Gasteiger partial charge in [-0.05, 0) is 57.2 Å². The van der Waals surface area contributed by atoms with E-state index in [1.807, 2.05) is 30.9 Å². The van der Waals surface area contributed by atoms with E-state index in [1.54, 1.807) is 7.11 Å². The molecule has 1 saturated heterocycles. The zero-order valence-corrected chi connectivity index (χ0v) is 19.2. The third kappa shape index (κ3) is 5.07. The Kier molecular flexibility index (Phi) is 7.24. The van der Waals surface area contributed by atoms with Crippen LogP contribution >= 0.6 is 0 Å². The van der Waals surface area contributed by atoms with Crippen LogP contribution in [0.5, 0.6) is 5.75 Å². The lowest BCUT2D eigenvalue weighted by Crippen LogP contribution is -2.45. The van der Waals surface area contributed by atoms with Crippen LogP contribution in [-0.2, 0) is 13.5 Å². The van der Waals surface area contributed by atoms with E-state index in [9.17, 15) is 0 Å². The highest BCUT2D eigenvalue weighted by molar-refractivity contribution is 5.80. The van der Waals surface area contributed by atoms with Gasteiger partial charge in [-0.2, -0.15) is 5.10 Å². The summed E-state index contributed by atoms with van der Waals surface area (Å²) < 4.78 is 7.48. The maximum Gasteiger partial charge on any atom is 0.191 e. The van der Waals surface area contributed by atoms with Gasteiger partial charge in [0.1, 0.15) is 5.75 Å². The van der Waals surface area contributed by atoms with E-state index < -0.39 is 0 Å². The van der Waals surface area contributed by atoms with Crippen molar-refractivity contribution in [2.24, 2.45) is 18.0 Å². The van der Waals surface area contributed by atoms with Gasteiger partial charge in [0, 0.05) is 45.5 Å². The number of guanidine groups is 1. The fourth-order valence-electron chi connectivity index (χ4n) is 4.25. The summed E-state index contributed by atoms with van der Waals surface area (Å²) in [5.74, 6) is 2.38. The van der Waals surface area contributed by atoms with Crippen LogP contribution in [0.25, 0.3) is 0 Å². The van der Waals surface area contributed by atoms with Crippen LogP contribution in [0.15, 0.2) is 29.3 Å². The number of nitrogens with zero attached hydrogens (tertiary/aromatic N) is 4. The molecule has 0 bridgehead atoms. The lowest BCUT2D eigenvalue weighted by Gasteiger charge is -2.22. The van der Waals surface area contributed by atoms with E-state index in [-0.39, 0.29) is 6.04 Å². The van der Waals surface area contributed by atoms with Crippen LogP contribution < -0.4 is 20.3 Å². The van der Waals surface area contributed by atoms with Crippen molar-refractivity contribution in [1.29, 1.82) is 0 Å². The molecule has 2 atom stereocenters. The number of aromatic nitrogens is 2. The summed E-state index contributed by atoms with van der Waals surface area (Å²) in [6.07, 6.45) is 2.09. The maximum atomic E-state index is 5.53. The molecule has 1 aromatic carbocycles.